The average Bonchev–Trinajstić information content (AvgIpc) is 2.84. The second-order valence-corrected chi connectivity index (χ2v) is 7.28. The summed E-state index contributed by atoms with van der Waals surface area (Å²) in [7, 11) is 4.32. The van der Waals surface area contributed by atoms with Crippen LogP contribution in [0.25, 0.3) is 0 Å². The number of allylic oxidation sites excluding steroid dienone is 3. The van der Waals surface area contributed by atoms with Gasteiger partial charge >= 0.3 is 117 Å². The van der Waals surface area contributed by atoms with Gasteiger partial charge in [0.05, 0.1) is 0 Å². The van der Waals surface area contributed by atoms with Crippen LogP contribution in [-0.2, 0) is 5.32 Å². The Balaban J connectivity index is 1.94. The van der Waals surface area contributed by atoms with E-state index in [-0.39, 0.29) is 0 Å². The van der Waals surface area contributed by atoms with Crippen LogP contribution in [0, 0.1) is 0 Å². The maximum absolute atomic E-state index is 2.37. The van der Waals surface area contributed by atoms with Crippen LogP contribution < -0.4 is 0 Å². The number of benzene rings is 1. The standard InChI is InChI=1S/C16H21NSe/c1-13(17(2)3)15-10-7-11-16(15)18-12-14-8-5-4-6-9-14/h4-11,13,16H,12H2,1-3H3. The molecule has 1 aromatic rings. The number of hydrogen-bond donors (Lipinski definition) is 0. The Morgan fingerprint density at radius 1 is 1.22 bits per heavy atom. The first-order valence-electron chi connectivity index (χ1n) is 6.38. The fourth-order valence-electron chi connectivity index (χ4n) is 2.06. The molecule has 18 heavy (non-hydrogen) atoms. The summed E-state index contributed by atoms with van der Waals surface area (Å²) in [5, 5.41) is 1.22. The molecular weight excluding hydrogens is 285 g/mol. The van der Waals surface area contributed by atoms with Crippen molar-refractivity contribution in [3.05, 3.63) is 59.7 Å². The molecule has 2 heteroatoms. The zero-order valence-electron chi connectivity index (χ0n) is 11.3. The van der Waals surface area contributed by atoms with E-state index in [9.17, 15) is 0 Å². The molecule has 2 unspecified atom stereocenters. The van der Waals surface area contributed by atoms with E-state index in [4.69, 9.17) is 0 Å². The van der Waals surface area contributed by atoms with Crippen LogP contribution in [0.15, 0.2) is 54.1 Å². The Hall–Kier alpha value is -0.821. The molecule has 0 amide bonds. The van der Waals surface area contributed by atoms with Crippen molar-refractivity contribution in [3.63, 3.8) is 0 Å². The van der Waals surface area contributed by atoms with E-state index in [1.807, 2.05) is 0 Å². The minimum atomic E-state index is 0.544. The van der Waals surface area contributed by atoms with Crippen molar-refractivity contribution in [1.82, 2.24) is 4.90 Å². The summed E-state index contributed by atoms with van der Waals surface area (Å²) in [6.07, 6.45) is 6.91. The van der Waals surface area contributed by atoms with Gasteiger partial charge in [-0.25, -0.2) is 0 Å². The molecule has 2 atom stereocenters. The summed E-state index contributed by atoms with van der Waals surface area (Å²) in [6.45, 7) is 2.30. The van der Waals surface area contributed by atoms with E-state index < -0.39 is 0 Å². The maximum atomic E-state index is 2.37. The summed E-state index contributed by atoms with van der Waals surface area (Å²) in [5.74, 6) is 0. The van der Waals surface area contributed by atoms with Crippen molar-refractivity contribution in [2.24, 2.45) is 0 Å². The third-order valence-electron chi connectivity index (χ3n) is 3.43. The molecule has 1 aliphatic carbocycles. The van der Waals surface area contributed by atoms with Crippen molar-refractivity contribution in [2.45, 2.75) is 23.1 Å². The molecule has 1 aromatic carbocycles. The van der Waals surface area contributed by atoms with Gasteiger partial charge < -0.3 is 0 Å². The van der Waals surface area contributed by atoms with Crippen LogP contribution in [0.4, 0.5) is 0 Å². The molecule has 0 radical (unpaired) electrons. The Bertz CT molecular complexity index is 434. The molecular formula is C16H21NSe. The van der Waals surface area contributed by atoms with Crippen LogP contribution in [0.3, 0.4) is 0 Å². The van der Waals surface area contributed by atoms with Gasteiger partial charge in [0.15, 0.2) is 0 Å². The molecule has 0 aliphatic heterocycles. The van der Waals surface area contributed by atoms with Crippen LogP contribution in [-0.4, -0.2) is 40.0 Å². The predicted octanol–water partition coefficient (Wildman–Crippen LogP) is 3.13. The molecule has 0 fully saturated rings. The van der Waals surface area contributed by atoms with Crippen LogP contribution in [0.5, 0.6) is 0 Å². The van der Waals surface area contributed by atoms with Crippen LogP contribution in [0.1, 0.15) is 12.5 Å². The van der Waals surface area contributed by atoms with Gasteiger partial charge in [-0.05, 0) is 0 Å². The van der Waals surface area contributed by atoms with E-state index in [0.29, 0.717) is 25.8 Å². The molecule has 0 N–H and O–H groups in total. The molecule has 2 rings (SSSR count). The third kappa shape index (κ3) is 3.35. The summed E-state index contributed by atoms with van der Waals surface area (Å²) in [6, 6.07) is 11.4. The topological polar surface area (TPSA) is 3.24 Å². The summed E-state index contributed by atoms with van der Waals surface area (Å²) >= 11 is 0.616. The third-order valence-corrected chi connectivity index (χ3v) is 6.14. The SMILES string of the molecule is CC(C1=CC=CC1[Se]Cc1ccccc1)N(C)C. The summed E-state index contributed by atoms with van der Waals surface area (Å²) in [5.41, 5.74) is 3.05. The molecule has 0 saturated heterocycles. The van der Waals surface area contributed by atoms with Gasteiger partial charge in [0.2, 0.25) is 0 Å². The summed E-state index contributed by atoms with van der Waals surface area (Å²) < 4.78 is 0. The van der Waals surface area contributed by atoms with Crippen molar-refractivity contribution in [1.29, 1.82) is 0 Å². The number of likely N-dealkylation sites (N-methyl/N-ethyl adjacent to an activating group) is 1. The fourth-order valence-corrected chi connectivity index (χ4v) is 4.65. The van der Waals surface area contributed by atoms with Crippen molar-refractivity contribution in [2.75, 3.05) is 14.1 Å². The monoisotopic (exact) mass is 307 g/mol. The minimum absolute atomic E-state index is 0.544. The summed E-state index contributed by atoms with van der Waals surface area (Å²) in [4.78, 5) is 2.97. The van der Waals surface area contributed by atoms with E-state index in [1.165, 1.54) is 10.9 Å². The Morgan fingerprint density at radius 3 is 2.61 bits per heavy atom. The number of nitrogens with zero attached hydrogens (tertiary/aromatic N) is 1. The van der Waals surface area contributed by atoms with Crippen LogP contribution in [0.2, 0.25) is 4.82 Å². The van der Waals surface area contributed by atoms with E-state index >= 15 is 0 Å². The second-order valence-electron chi connectivity index (χ2n) is 4.91. The number of rotatable bonds is 5. The Morgan fingerprint density at radius 2 is 1.94 bits per heavy atom. The van der Waals surface area contributed by atoms with Gasteiger partial charge in [-0.1, -0.05) is 0 Å². The van der Waals surface area contributed by atoms with Gasteiger partial charge in [0, 0.05) is 0 Å². The van der Waals surface area contributed by atoms with E-state index in [0.717, 1.165) is 0 Å². The van der Waals surface area contributed by atoms with Gasteiger partial charge in [-0.15, -0.1) is 0 Å². The van der Waals surface area contributed by atoms with Crippen LogP contribution >= 0.6 is 0 Å². The Kier molecular flexibility index (Phi) is 4.82. The molecule has 96 valence electrons. The zero-order valence-corrected chi connectivity index (χ0v) is 13.0. The second kappa shape index (κ2) is 6.38. The molecule has 0 heterocycles. The molecule has 0 spiro atoms. The van der Waals surface area contributed by atoms with E-state index in [2.05, 4.69) is 74.5 Å². The first-order valence-corrected chi connectivity index (χ1v) is 8.58. The first-order chi connectivity index (χ1) is 8.68. The predicted molar refractivity (Wildman–Crippen MR) is 80.0 cm³/mol. The van der Waals surface area contributed by atoms with Gasteiger partial charge in [-0.3, -0.25) is 0 Å². The van der Waals surface area contributed by atoms with Gasteiger partial charge in [-0.2, -0.15) is 0 Å². The molecule has 1 nitrogen and oxygen atoms in total. The van der Waals surface area contributed by atoms with Gasteiger partial charge in [0.1, 0.15) is 0 Å². The average molecular weight is 306 g/mol. The van der Waals surface area contributed by atoms with Crippen molar-refractivity contribution < 1.29 is 0 Å². The number of hydrogen-bond acceptors (Lipinski definition) is 1. The fraction of sp³-hybridized carbons (Fsp3) is 0.375. The van der Waals surface area contributed by atoms with Crippen molar-refractivity contribution in [3.8, 4) is 0 Å². The van der Waals surface area contributed by atoms with Gasteiger partial charge in [0.25, 0.3) is 0 Å². The van der Waals surface area contributed by atoms with E-state index in [1.54, 1.807) is 5.57 Å². The quantitative estimate of drug-likeness (QED) is 0.756. The normalized spacial score (nSPS) is 20.2. The first kappa shape index (κ1) is 13.6. The molecule has 0 bridgehead atoms. The van der Waals surface area contributed by atoms with Crippen molar-refractivity contribution >= 4 is 15.0 Å². The zero-order chi connectivity index (χ0) is 13.0. The molecule has 1 aliphatic rings. The Labute approximate surface area is 117 Å². The molecule has 0 saturated carbocycles. The molecule has 0 aromatic heterocycles.